The Morgan fingerprint density at radius 1 is 0.884 bits per heavy atom. The number of hydrogen-bond donors (Lipinski definition) is 2. The van der Waals surface area contributed by atoms with Gasteiger partial charge in [0, 0.05) is 13.5 Å². The van der Waals surface area contributed by atoms with Gasteiger partial charge in [-0.05, 0) is 78.4 Å². The minimum atomic E-state index is -1.10. The van der Waals surface area contributed by atoms with E-state index in [4.69, 9.17) is 9.47 Å². The molecule has 0 spiro atoms. The topological polar surface area (TPSA) is 105 Å². The molecule has 2 aromatic carbocycles. The predicted molar refractivity (Wildman–Crippen MR) is 162 cm³/mol. The third-order valence-corrected chi connectivity index (χ3v) is 10.5. The first-order valence-electron chi connectivity index (χ1n) is 15.6. The molecule has 4 bridgehead atoms. The lowest BCUT2D eigenvalue weighted by Gasteiger charge is -2.55. The van der Waals surface area contributed by atoms with Gasteiger partial charge in [0.15, 0.2) is 0 Å². The maximum atomic E-state index is 14.2. The minimum Gasteiger partial charge on any atom is -0.480 e. The predicted octanol–water partition coefficient (Wildman–Crippen LogP) is 5.99. The molecule has 0 aromatic heterocycles. The van der Waals surface area contributed by atoms with Crippen molar-refractivity contribution in [2.75, 3.05) is 13.7 Å². The number of alkyl carbamates (subject to hydrolysis) is 1. The number of carboxylic acids is 1. The first-order chi connectivity index (χ1) is 20.4. The Morgan fingerprint density at radius 3 is 1.95 bits per heavy atom. The highest BCUT2D eigenvalue weighted by molar-refractivity contribution is 5.90. The van der Waals surface area contributed by atoms with Gasteiger partial charge in [0.2, 0.25) is 5.91 Å². The van der Waals surface area contributed by atoms with Crippen LogP contribution in [-0.4, -0.2) is 59.3 Å². The monoisotopic (exact) mass is 588 g/mol. The van der Waals surface area contributed by atoms with Crippen LogP contribution in [0.3, 0.4) is 0 Å². The lowest BCUT2D eigenvalue weighted by molar-refractivity contribution is -0.150. The molecule has 5 fully saturated rings. The lowest BCUT2D eigenvalue weighted by Crippen LogP contribution is -2.59. The first-order valence-corrected chi connectivity index (χ1v) is 15.6. The summed E-state index contributed by atoms with van der Waals surface area (Å²) in [5.41, 5.74) is 0.778. The molecule has 7 rings (SSSR count). The fourth-order valence-electron chi connectivity index (χ4n) is 8.71. The Balaban J connectivity index is 1.22. The summed E-state index contributed by atoms with van der Waals surface area (Å²) in [6, 6.07) is 15.8. The number of nitrogens with zero attached hydrogens (tertiary/aromatic N) is 1. The second-order valence-corrected chi connectivity index (χ2v) is 14.6. The average molecular weight is 589 g/mol. The Labute approximate surface area is 254 Å². The fourth-order valence-corrected chi connectivity index (χ4v) is 8.71. The zero-order valence-electron chi connectivity index (χ0n) is 25.7. The molecule has 5 aliphatic rings. The van der Waals surface area contributed by atoms with Crippen LogP contribution in [0.25, 0.3) is 11.1 Å². The number of benzene rings is 2. The summed E-state index contributed by atoms with van der Waals surface area (Å²) in [6.45, 7) is 5.68. The lowest BCUT2D eigenvalue weighted by atomic mass is 9.54. The van der Waals surface area contributed by atoms with Crippen LogP contribution in [0.5, 0.6) is 0 Å². The second-order valence-electron chi connectivity index (χ2n) is 14.6. The van der Waals surface area contributed by atoms with Gasteiger partial charge in [0.25, 0.3) is 0 Å². The van der Waals surface area contributed by atoms with Gasteiger partial charge in [-0.3, -0.25) is 4.79 Å². The number of aliphatic carboxylic acids is 1. The van der Waals surface area contributed by atoms with Crippen molar-refractivity contribution >= 4 is 18.0 Å². The van der Waals surface area contributed by atoms with E-state index in [-0.39, 0.29) is 13.0 Å². The molecule has 2 N–H and O–H groups in total. The highest BCUT2D eigenvalue weighted by Crippen LogP contribution is 2.57. The van der Waals surface area contributed by atoms with Gasteiger partial charge < -0.3 is 24.8 Å². The summed E-state index contributed by atoms with van der Waals surface area (Å²) >= 11 is 0. The number of hydrogen-bond acceptors (Lipinski definition) is 5. The number of carbonyl (C=O) groups is 3. The van der Waals surface area contributed by atoms with Crippen molar-refractivity contribution in [2.24, 2.45) is 23.2 Å². The molecule has 2 amide bonds. The molecule has 1 saturated heterocycles. The fraction of sp³-hybridized carbons (Fsp3) is 0.571. The molecule has 3 atom stereocenters. The Hall–Kier alpha value is -3.39. The molecule has 1 heterocycles. The van der Waals surface area contributed by atoms with Crippen LogP contribution in [0.4, 0.5) is 4.79 Å². The molecule has 2 unspecified atom stereocenters. The molecule has 8 nitrogen and oxygen atoms in total. The van der Waals surface area contributed by atoms with Crippen molar-refractivity contribution in [3.63, 3.8) is 0 Å². The molecule has 230 valence electrons. The Morgan fingerprint density at radius 2 is 1.44 bits per heavy atom. The van der Waals surface area contributed by atoms with Gasteiger partial charge in [-0.25, -0.2) is 9.59 Å². The molecule has 1 aliphatic heterocycles. The summed E-state index contributed by atoms with van der Waals surface area (Å²) in [4.78, 5) is 41.6. The summed E-state index contributed by atoms with van der Waals surface area (Å²) in [7, 11) is 1.56. The van der Waals surface area contributed by atoms with E-state index in [2.05, 4.69) is 5.32 Å². The maximum absolute atomic E-state index is 14.2. The number of rotatable bonds is 7. The zero-order valence-corrected chi connectivity index (χ0v) is 25.7. The van der Waals surface area contributed by atoms with Gasteiger partial charge in [-0.1, -0.05) is 75.4 Å². The number of carboxylic acid groups (broad SMARTS) is 1. The molecular weight excluding hydrogens is 544 g/mol. The summed E-state index contributed by atoms with van der Waals surface area (Å²) in [5, 5.41) is 13.1. The Bertz CT molecular complexity index is 1330. The first kappa shape index (κ1) is 29.7. The van der Waals surface area contributed by atoms with Crippen molar-refractivity contribution in [3.8, 4) is 11.1 Å². The largest absolute Gasteiger partial charge is 0.480 e. The molecule has 8 heteroatoms. The molecule has 2 aromatic rings. The van der Waals surface area contributed by atoms with E-state index < -0.39 is 46.7 Å². The van der Waals surface area contributed by atoms with Gasteiger partial charge in [-0.15, -0.1) is 0 Å². The van der Waals surface area contributed by atoms with Crippen LogP contribution in [0.15, 0.2) is 54.6 Å². The molecule has 0 radical (unpaired) electrons. The van der Waals surface area contributed by atoms with Crippen LogP contribution >= 0.6 is 0 Å². The van der Waals surface area contributed by atoms with E-state index in [9.17, 15) is 19.5 Å². The Kier molecular flexibility index (Phi) is 7.56. The SMILES string of the molecule is COC1(c2ccc(-c3ccccc3)cc2)C[C@@H](C(=O)O)N(C(=O)C(NC(=O)OC23CC4CC(CC(C4)C2)C3)C(C)(C)C)C1. The molecule has 4 saturated carbocycles. The van der Waals surface area contributed by atoms with Crippen LogP contribution in [-0.2, 0) is 24.7 Å². The van der Waals surface area contributed by atoms with Gasteiger partial charge in [0.05, 0.1) is 6.54 Å². The number of likely N-dealkylation sites (tertiary alicyclic amines) is 1. The van der Waals surface area contributed by atoms with Crippen molar-refractivity contribution in [1.82, 2.24) is 10.2 Å². The highest BCUT2D eigenvalue weighted by atomic mass is 16.6. The van der Waals surface area contributed by atoms with Crippen LogP contribution < -0.4 is 5.32 Å². The van der Waals surface area contributed by atoms with Crippen LogP contribution in [0.2, 0.25) is 0 Å². The number of carbonyl (C=O) groups excluding carboxylic acids is 2. The van der Waals surface area contributed by atoms with Crippen molar-refractivity contribution in [2.45, 2.75) is 89.0 Å². The number of amides is 2. The van der Waals surface area contributed by atoms with E-state index in [1.165, 1.54) is 24.2 Å². The average Bonchev–Trinajstić information content (AvgIpc) is 3.37. The van der Waals surface area contributed by atoms with Crippen molar-refractivity contribution in [3.05, 3.63) is 60.2 Å². The van der Waals surface area contributed by atoms with E-state index in [1.807, 2.05) is 75.4 Å². The second kappa shape index (κ2) is 11.0. The van der Waals surface area contributed by atoms with Gasteiger partial charge in [0.1, 0.15) is 23.3 Å². The zero-order chi connectivity index (χ0) is 30.6. The van der Waals surface area contributed by atoms with E-state index >= 15 is 0 Å². The summed E-state index contributed by atoms with van der Waals surface area (Å²) < 4.78 is 12.2. The van der Waals surface area contributed by atoms with Crippen LogP contribution in [0, 0.1) is 23.2 Å². The molecule has 4 aliphatic carbocycles. The molecular formula is C35H44N2O6. The van der Waals surface area contributed by atoms with E-state index in [1.54, 1.807) is 7.11 Å². The van der Waals surface area contributed by atoms with E-state index in [0.29, 0.717) is 17.8 Å². The number of ether oxygens (including phenoxy) is 2. The van der Waals surface area contributed by atoms with Crippen molar-refractivity contribution < 1.29 is 29.0 Å². The summed E-state index contributed by atoms with van der Waals surface area (Å²) in [6.07, 6.45) is 5.90. The third-order valence-electron chi connectivity index (χ3n) is 10.5. The van der Waals surface area contributed by atoms with E-state index in [0.717, 1.165) is 36.0 Å². The number of methoxy groups -OCH3 is 1. The normalized spacial score (nSPS) is 32.0. The minimum absolute atomic E-state index is 0.0578. The quantitative estimate of drug-likeness (QED) is 0.412. The smallest absolute Gasteiger partial charge is 0.408 e. The molecule has 43 heavy (non-hydrogen) atoms. The summed E-state index contributed by atoms with van der Waals surface area (Å²) in [5.74, 6) is 0.302. The van der Waals surface area contributed by atoms with Crippen molar-refractivity contribution in [1.29, 1.82) is 0 Å². The standard InChI is InChI=1S/C35H44N2O6/c1-33(2,3)29(36-32(41)43-34-17-22-14-23(18-34)16-24(15-22)19-34)30(38)37-21-35(42-4,20-28(37)31(39)40)27-12-10-26(11-13-27)25-8-6-5-7-9-25/h5-13,22-24,28-29H,14-21H2,1-4H3,(H,36,41)(H,39,40)/t22?,23?,24?,28-,29?,34?,35?/m0/s1. The van der Waals surface area contributed by atoms with Gasteiger partial charge >= 0.3 is 12.1 Å². The third kappa shape index (κ3) is 5.66. The highest BCUT2D eigenvalue weighted by Gasteiger charge is 2.55. The van der Waals surface area contributed by atoms with Crippen LogP contribution in [0.1, 0.15) is 71.3 Å². The van der Waals surface area contributed by atoms with Gasteiger partial charge in [-0.2, -0.15) is 0 Å². The number of nitrogens with one attached hydrogen (secondary N) is 1. The maximum Gasteiger partial charge on any atom is 0.408 e.